The van der Waals surface area contributed by atoms with Gasteiger partial charge in [0.15, 0.2) is 0 Å². The van der Waals surface area contributed by atoms with E-state index in [4.69, 9.17) is 3.57 Å². The van der Waals surface area contributed by atoms with Crippen molar-refractivity contribution < 1.29 is 49.2 Å². The van der Waals surface area contributed by atoms with E-state index >= 15 is 0 Å². The number of hydrogen-bond donors (Lipinski definition) is 0. The third kappa shape index (κ3) is 2220. The van der Waals surface area contributed by atoms with Gasteiger partial charge in [0.05, 0.1) is 0 Å². The first-order valence-corrected chi connectivity index (χ1v) is 0.805. The molecule has 0 saturated carbocycles. The van der Waals surface area contributed by atoms with Crippen LogP contribution in [0.5, 0.6) is 0 Å². The van der Waals surface area contributed by atoms with E-state index in [1.807, 2.05) is 0 Å². The Morgan fingerprint density at radius 1 is 0.571 bits per heavy atom. The zero-order valence-corrected chi connectivity index (χ0v) is 4.88. The van der Waals surface area contributed by atoms with Crippen LogP contribution in [0.2, 0.25) is 0 Å². The zero-order chi connectivity index (χ0) is 2.00. The predicted octanol–water partition coefficient (Wildman–Crippen LogP) is -4.24. The molecule has 0 aliphatic heterocycles. The Morgan fingerprint density at radius 2 is 0.571 bits per heavy atom. The molecule has 0 aliphatic carbocycles. The minimum atomic E-state index is 0. The molecule has 7 heteroatoms. The van der Waals surface area contributed by atoms with Crippen molar-refractivity contribution in [3.63, 3.8) is 0 Å². The second-order valence-corrected chi connectivity index (χ2v) is 0. The number of rotatable bonds is 0. The van der Waals surface area contributed by atoms with E-state index in [0.29, 0.717) is 0 Å². The van der Waals surface area contributed by atoms with E-state index in [9.17, 15) is 0 Å². The maximum absolute atomic E-state index is 8.14. The first-order valence-electron chi connectivity index (χ1n) is 0.136. The van der Waals surface area contributed by atoms with Crippen LogP contribution in [-0.4, -0.2) is 27.4 Å². The summed E-state index contributed by atoms with van der Waals surface area (Å²) in [6, 6.07) is 0. The fraction of sp³-hybridized carbons (Fsp3) is 0. The first-order chi connectivity index (χ1) is 1.00. The SMILES string of the molecule is O.O.O.O.O.[O]=[Rh]. The molecular weight excluding hydrogens is 199 g/mol. The molecule has 6 nitrogen and oxygen atoms in total. The summed E-state index contributed by atoms with van der Waals surface area (Å²) in [5, 5.41) is 0. The third-order valence-corrected chi connectivity index (χ3v) is 0. The number of hydrogen-bond acceptors (Lipinski definition) is 1. The Kier molecular flexibility index (Phi) is 90900. The van der Waals surface area contributed by atoms with Gasteiger partial charge in [-0.2, -0.15) is 0 Å². The van der Waals surface area contributed by atoms with Crippen LogP contribution in [0.3, 0.4) is 0 Å². The summed E-state index contributed by atoms with van der Waals surface area (Å²) < 4.78 is 8.14. The Morgan fingerprint density at radius 3 is 0.571 bits per heavy atom. The van der Waals surface area contributed by atoms with Gasteiger partial charge in [-0.15, -0.1) is 0 Å². The van der Waals surface area contributed by atoms with Crippen LogP contribution < -0.4 is 0 Å². The summed E-state index contributed by atoms with van der Waals surface area (Å²) in [6.07, 6.45) is 0. The Labute approximate surface area is 50.0 Å². The second kappa shape index (κ2) is 3400. The van der Waals surface area contributed by atoms with E-state index in [0.717, 1.165) is 0 Å². The standard InChI is InChI=1S/5H2O.O.Rh/h5*1H2;;. The molecule has 0 aromatic carbocycles. The van der Waals surface area contributed by atoms with Gasteiger partial charge >= 0.3 is 21.8 Å². The van der Waals surface area contributed by atoms with Crippen molar-refractivity contribution in [2.45, 2.75) is 0 Å². The van der Waals surface area contributed by atoms with E-state index in [2.05, 4.69) is 0 Å². The molecule has 0 rings (SSSR count). The van der Waals surface area contributed by atoms with Gasteiger partial charge in [0.1, 0.15) is 0 Å². The zero-order valence-electron chi connectivity index (χ0n) is 3.24. The van der Waals surface area contributed by atoms with Crippen molar-refractivity contribution in [3.8, 4) is 0 Å². The van der Waals surface area contributed by atoms with Crippen molar-refractivity contribution in [2.24, 2.45) is 0 Å². The Bertz CT molecular complexity index is 4.14. The van der Waals surface area contributed by atoms with Crippen molar-refractivity contribution in [2.75, 3.05) is 0 Å². The van der Waals surface area contributed by atoms with E-state index in [-0.39, 0.29) is 27.4 Å². The van der Waals surface area contributed by atoms with Crippen molar-refractivity contribution in [3.05, 3.63) is 0 Å². The Balaban J connectivity index is -0.000000000500. The molecule has 0 aliphatic rings. The van der Waals surface area contributed by atoms with Gasteiger partial charge < -0.3 is 27.4 Å². The maximum atomic E-state index is 8.14. The monoisotopic (exact) mass is 209 g/mol. The molecule has 0 fully saturated rings. The average molecular weight is 209 g/mol. The molecule has 0 bridgehead atoms. The average Bonchev–Trinajstić information content (AvgIpc) is 1.00. The molecular formula is H10O6Rh. The quantitative estimate of drug-likeness (QED) is 0.361. The van der Waals surface area contributed by atoms with Gasteiger partial charge in [-0.3, -0.25) is 0 Å². The van der Waals surface area contributed by atoms with Crippen molar-refractivity contribution in [1.29, 1.82) is 0 Å². The summed E-state index contributed by atoms with van der Waals surface area (Å²) in [6.45, 7) is 0. The van der Waals surface area contributed by atoms with Crippen LogP contribution in [0.1, 0.15) is 0 Å². The van der Waals surface area contributed by atoms with E-state index < -0.39 is 0 Å². The molecule has 10 N–H and O–H groups in total. The van der Waals surface area contributed by atoms with Gasteiger partial charge in [-0.25, -0.2) is 0 Å². The first kappa shape index (κ1) is 187. The molecule has 0 saturated heterocycles. The van der Waals surface area contributed by atoms with Gasteiger partial charge in [0.2, 0.25) is 0 Å². The molecule has 0 unspecified atom stereocenters. The second-order valence-electron chi connectivity index (χ2n) is 0. The minimum absolute atomic E-state index is 0. The van der Waals surface area contributed by atoms with E-state index in [1.54, 1.807) is 0 Å². The van der Waals surface area contributed by atoms with Gasteiger partial charge in [0.25, 0.3) is 0 Å². The summed E-state index contributed by atoms with van der Waals surface area (Å²) in [7, 11) is 0. The van der Waals surface area contributed by atoms with Crippen LogP contribution >= 0.6 is 0 Å². The van der Waals surface area contributed by atoms with Crippen LogP contribution in [0.15, 0.2) is 0 Å². The van der Waals surface area contributed by atoms with Crippen molar-refractivity contribution >= 4 is 0 Å². The van der Waals surface area contributed by atoms with Gasteiger partial charge in [0, 0.05) is 0 Å². The van der Waals surface area contributed by atoms with Crippen LogP contribution in [0.4, 0.5) is 0 Å². The fourth-order valence-electron chi connectivity index (χ4n) is 0. The molecule has 0 aromatic rings. The topological polar surface area (TPSA) is 175 Å². The summed E-state index contributed by atoms with van der Waals surface area (Å²) in [5.74, 6) is 0. The van der Waals surface area contributed by atoms with E-state index in [1.165, 1.54) is 18.3 Å². The summed E-state index contributed by atoms with van der Waals surface area (Å²) in [5.41, 5.74) is 0. The van der Waals surface area contributed by atoms with Gasteiger partial charge in [-0.05, 0) is 0 Å². The van der Waals surface area contributed by atoms with Crippen LogP contribution in [0.25, 0.3) is 0 Å². The molecule has 0 spiro atoms. The van der Waals surface area contributed by atoms with Crippen LogP contribution in [0, 0.1) is 0 Å². The van der Waals surface area contributed by atoms with Gasteiger partial charge in [-0.1, -0.05) is 0 Å². The molecule has 0 atom stereocenters. The molecule has 7 heavy (non-hydrogen) atoms. The molecule has 0 heterocycles. The Hall–Kier alpha value is 0.223. The normalized spacial score (nSPS) is 0.714. The van der Waals surface area contributed by atoms with Crippen LogP contribution in [-0.2, 0) is 21.8 Å². The molecule has 55 valence electrons. The fourth-order valence-corrected chi connectivity index (χ4v) is 0. The molecule has 0 aromatic heterocycles. The third-order valence-electron chi connectivity index (χ3n) is 0. The molecule has 0 radical (unpaired) electrons. The predicted molar refractivity (Wildman–Crippen MR) is 18.8 cm³/mol. The summed E-state index contributed by atoms with van der Waals surface area (Å²) in [4.78, 5) is 0. The summed E-state index contributed by atoms with van der Waals surface area (Å²) >= 11 is 1.30. The van der Waals surface area contributed by atoms with Crippen molar-refractivity contribution in [1.82, 2.24) is 0 Å². The molecule has 0 amide bonds.